The van der Waals surface area contributed by atoms with Gasteiger partial charge in [-0.05, 0) is 37.1 Å². The number of carbonyl (C=O) groups excluding carboxylic acids is 1. The van der Waals surface area contributed by atoms with Crippen LogP contribution in [-0.2, 0) is 4.79 Å². The number of amides is 1. The zero-order valence-electron chi connectivity index (χ0n) is 10.9. The molecule has 0 atom stereocenters. The monoisotopic (exact) mass is 273 g/mol. The fourth-order valence-electron chi connectivity index (χ4n) is 1.50. The Morgan fingerprint density at radius 2 is 1.89 bits per heavy atom. The van der Waals surface area contributed by atoms with E-state index < -0.39 is 25.0 Å². The van der Waals surface area contributed by atoms with Crippen LogP contribution in [0.2, 0.25) is 0 Å². The van der Waals surface area contributed by atoms with Crippen LogP contribution in [0.3, 0.4) is 0 Å². The molecule has 1 amide bonds. The average molecular weight is 273 g/mol. The molecule has 0 aliphatic heterocycles. The number of hydrogen-bond acceptors (Lipinski definition) is 3. The van der Waals surface area contributed by atoms with Crippen LogP contribution in [-0.4, -0.2) is 36.7 Å². The molecule has 0 saturated carbocycles. The molecule has 4 nitrogen and oxygen atoms in total. The smallest absolute Gasteiger partial charge is 0.287 e. The van der Waals surface area contributed by atoms with Crippen molar-refractivity contribution >= 4 is 5.91 Å². The van der Waals surface area contributed by atoms with Crippen LogP contribution in [0, 0.1) is 13.8 Å². The maximum absolute atomic E-state index is 12.7. The van der Waals surface area contributed by atoms with Crippen molar-refractivity contribution < 1.29 is 23.4 Å². The van der Waals surface area contributed by atoms with Gasteiger partial charge in [-0.1, -0.05) is 6.07 Å². The lowest BCUT2D eigenvalue weighted by molar-refractivity contribution is -0.126. The van der Waals surface area contributed by atoms with Crippen LogP contribution in [0.4, 0.5) is 8.78 Å². The fraction of sp³-hybridized carbons (Fsp3) is 0.462. The molecular weight excluding hydrogens is 256 g/mol. The molecule has 19 heavy (non-hydrogen) atoms. The number of carbonyl (C=O) groups is 1. The van der Waals surface area contributed by atoms with Crippen molar-refractivity contribution in [3.8, 4) is 5.75 Å². The Kier molecular flexibility index (Phi) is 5.23. The maximum atomic E-state index is 12.7. The summed E-state index contributed by atoms with van der Waals surface area (Å²) in [5.74, 6) is -3.45. The molecule has 0 saturated heterocycles. The summed E-state index contributed by atoms with van der Waals surface area (Å²) in [6, 6.07) is 5.46. The number of halogens is 2. The molecule has 1 aromatic carbocycles. The van der Waals surface area contributed by atoms with Gasteiger partial charge in [0.25, 0.3) is 11.8 Å². The first-order valence-corrected chi connectivity index (χ1v) is 5.79. The minimum absolute atomic E-state index is 0.343. The first kappa shape index (κ1) is 15.4. The summed E-state index contributed by atoms with van der Waals surface area (Å²) in [7, 11) is 0. The normalized spacial score (nSPS) is 11.2. The zero-order valence-corrected chi connectivity index (χ0v) is 10.9. The molecule has 1 rings (SSSR count). The highest BCUT2D eigenvalue weighted by Gasteiger charge is 2.28. The summed E-state index contributed by atoms with van der Waals surface area (Å²) >= 11 is 0. The van der Waals surface area contributed by atoms with Gasteiger partial charge in [0.2, 0.25) is 0 Å². The van der Waals surface area contributed by atoms with Crippen LogP contribution in [0.1, 0.15) is 11.1 Å². The lowest BCUT2D eigenvalue weighted by Gasteiger charge is -2.14. The summed E-state index contributed by atoms with van der Waals surface area (Å²) < 4.78 is 30.6. The molecule has 0 spiro atoms. The SMILES string of the molecule is Cc1cc(C)cc(OCC(=O)NCC(F)(F)CO)c1. The van der Waals surface area contributed by atoms with Crippen molar-refractivity contribution in [2.75, 3.05) is 19.8 Å². The first-order chi connectivity index (χ1) is 8.82. The number of hydrogen-bond donors (Lipinski definition) is 2. The van der Waals surface area contributed by atoms with Crippen LogP contribution < -0.4 is 10.1 Å². The Labute approximate surface area is 110 Å². The number of aryl methyl sites for hydroxylation is 2. The number of benzene rings is 1. The van der Waals surface area contributed by atoms with Crippen molar-refractivity contribution in [2.45, 2.75) is 19.8 Å². The van der Waals surface area contributed by atoms with Crippen LogP contribution in [0.15, 0.2) is 18.2 Å². The number of aliphatic hydroxyl groups is 1. The van der Waals surface area contributed by atoms with E-state index >= 15 is 0 Å². The Bertz CT molecular complexity index is 429. The van der Waals surface area contributed by atoms with Crippen LogP contribution in [0.5, 0.6) is 5.75 Å². The largest absolute Gasteiger partial charge is 0.484 e. The standard InChI is InChI=1S/C13H17F2NO3/c1-9-3-10(2)5-11(4-9)19-6-12(18)16-7-13(14,15)8-17/h3-5,17H,6-8H2,1-2H3,(H,16,18). The summed E-state index contributed by atoms with van der Waals surface area (Å²) in [6.45, 7) is 1.23. The summed E-state index contributed by atoms with van der Waals surface area (Å²) in [5.41, 5.74) is 1.98. The third-order valence-electron chi connectivity index (χ3n) is 2.34. The van der Waals surface area contributed by atoms with Crippen LogP contribution >= 0.6 is 0 Å². The van der Waals surface area contributed by atoms with E-state index in [1.54, 1.807) is 12.1 Å². The van der Waals surface area contributed by atoms with Gasteiger partial charge < -0.3 is 15.2 Å². The van der Waals surface area contributed by atoms with Gasteiger partial charge in [0.15, 0.2) is 6.61 Å². The molecule has 0 bridgehead atoms. The quantitative estimate of drug-likeness (QED) is 0.824. The molecule has 1 aromatic rings. The Balaban J connectivity index is 2.42. The molecule has 0 radical (unpaired) electrons. The molecule has 0 heterocycles. The molecule has 2 N–H and O–H groups in total. The van der Waals surface area contributed by atoms with E-state index in [4.69, 9.17) is 9.84 Å². The summed E-state index contributed by atoms with van der Waals surface area (Å²) in [5, 5.41) is 10.3. The highest BCUT2D eigenvalue weighted by Crippen LogP contribution is 2.16. The molecule has 106 valence electrons. The third kappa shape index (κ3) is 5.65. The minimum Gasteiger partial charge on any atom is -0.484 e. The molecule has 6 heteroatoms. The van der Waals surface area contributed by atoms with Crippen molar-refractivity contribution in [1.82, 2.24) is 5.32 Å². The van der Waals surface area contributed by atoms with Crippen LogP contribution in [0.25, 0.3) is 0 Å². The van der Waals surface area contributed by atoms with Gasteiger partial charge in [0.1, 0.15) is 12.4 Å². The molecule has 0 unspecified atom stereocenters. The fourth-order valence-corrected chi connectivity index (χ4v) is 1.50. The first-order valence-electron chi connectivity index (χ1n) is 5.79. The summed E-state index contributed by atoms with van der Waals surface area (Å²) in [6.07, 6.45) is 0. The highest BCUT2D eigenvalue weighted by atomic mass is 19.3. The van der Waals surface area contributed by atoms with Crippen molar-refractivity contribution in [3.05, 3.63) is 29.3 Å². The highest BCUT2D eigenvalue weighted by molar-refractivity contribution is 5.77. The van der Waals surface area contributed by atoms with E-state index in [-0.39, 0.29) is 6.61 Å². The van der Waals surface area contributed by atoms with Crippen molar-refractivity contribution in [1.29, 1.82) is 0 Å². The topological polar surface area (TPSA) is 58.6 Å². The number of ether oxygens (including phenoxy) is 1. The lowest BCUT2D eigenvalue weighted by atomic mass is 10.1. The van der Waals surface area contributed by atoms with Gasteiger partial charge >= 0.3 is 0 Å². The van der Waals surface area contributed by atoms with Gasteiger partial charge in [-0.3, -0.25) is 4.79 Å². The number of aliphatic hydroxyl groups excluding tert-OH is 1. The number of nitrogens with one attached hydrogen (secondary N) is 1. The average Bonchev–Trinajstić information content (AvgIpc) is 2.33. The van der Waals surface area contributed by atoms with E-state index in [9.17, 15) is 13.6 Å². The van der Waals surface area contributed by atoms with E-state index in [0.717, 1.165) is 11.1 Å². The third-order valence-corrected chi connectivity index (χ3v) is 2.34. The second-order valence-corrected chi connectivity index (χ2v) is 4.40. The molecule has 0 aliphatic rings. The molecule has 0 fully saturated rings. The second-order valence-electron chi connectivity index (χ2n) is 4.40. The van der Waals surface area contributed by atoms with Gasteiger partial charge in [0, 0.05) is 0 Å². The maximum Gasteiger partial charge on any atom is 0.287 e. The van der Waals surface area contributed by atoms with Crippen molar-refractivity contribution in [3.63, 3.8) is 0 Å². The number of alkyl halides is 2. The van der Waals surface area contributed by atoms with Gasteiger partial charge in [-0.15, -0.1) is 0 Å². The van der Waals surface area contributed by atoms with Gasteiger partial charge in [0.05, 0.1) is 6.54 Å². The molecule has 0 aromatic heterocycles. The molecule has 0 aliphatic carbocycles. The van der Waals surface area contributed by atoms with E-state index in [0.29, 0.717) is 5.75 Å². The van der Waals surface area contributed by atoms with E-state index in [2.05, 4.69) is 0 Å². The Hall–Kier alpha value is -1.69. The minimum atomic E-state index is -3.31. The van der Waals surface area contributed by atoms with Gasteiger partial charge in [-0.25, -0.2) is 8.78 Å². The predicted octanol–water partition coefficient (Wildman–Crippen LogP) is 1.43. The van der Waals surface area contributed by atoms with Crippen molar-refractivity contribution in [2.24, 2.45) is 0 Å². The second kappa shape index (κ2) is 6.47. The lowest BCUT2D eigenvalue weighted by Crippen LogP contribution is -2.40. The zero-order chi connectivity index (χ0) is 14.5. The summed E-state index contributed by atoms with van der Waals surface area (Å²) in [4.78, 5) is 11.3. The Morgan fingerprint density at radius 3 is 2.42 bits per heavy atom. The molecular formula is C13H17F2NO3. The van der Waals surface area contributed by atoms with E-state index in [1.807, 2.05) is 25.2 Å². The van der Waals surface area contributed by atoms with E-state index in [1.165, 1.54) is 0 Å². The van der Waals surface area contributed by atoms with Gasteiger partial charge in [-0.2, -0.15) is 0 Å². The Morgan fingerprint density at radius 1 is 1.32 bits per heavy atom. The predicted molar refractivity (Wildman–Crippen MR) is 66.5 cm³/mol. The number of rotatable bonds is 6.